The molecular formula is C25H24O8. The molecule has 1 aliphatic carbocycles. The maximum Gasteiger partial charge on any atom is 0.375 e. The van der Waals surface area contributed by atoms with Crippen LogP contribution in [0.5, 0.6) is 0 Å². The van der Waals surface area contributed by atoms with Crippen LogP contribution in [0.25, 0.3) is 0 Å². The van der Waals surface area contributed by atoms with E-state index in [4.69, 9.17) is 9.47 Å². The van der Waals surface area contributed by atoms with Gasteiger partial charge in [0.1, 0.15) is 13.2 Å². The predicted octanol–water partition coefficient (Wildman–Crippen LogP) is 2.73. The van der Waals surface area contributed by atoms with Crippen molar-refractivity contribution in [2.45, 2.75) is 32.5 Å². The van der Waals surface area contributed by atoms with Crippen molar-refractivity contribution in [3.05, 3.63) is 71.8 Å². The van der Waals surface area contributed by atoms with E-state index in [9.17, 15) is 29.1 Å². The Morgan fingerprint density at radius 2 is 1.00 bits per heavy atom. The van der Waals surface area contributed by atoms with Crippen LogP contribution < -0.4 is 0 Å². The molecule has 3 rings (SSSR count). The van der Waals surface area contributed by atoms with Crippen molar-refractivity contribution in [2.24, 2.45) is 17.8 Å². The lowest BCUT2D eigenvalue weighted by atomic mass is 9.72. The number of carboxylic acids is 1. The van der Waals surface area contributed by atoms with Gasteiger partial charge in [-0.2, -0.15) is 0 Å². The first-order chi connectivity index (χ1) is 15.8. The summed E-state index contributed by atoms with van der Waals surface area (Å²) in [5.74, 6) is -8.26. The zero-order valence-electron chi connectivity index (χ0n) is 17.8. The summed E-state index contributed by atoms with van der Waals surface area (Å²) in [6, 6.07) is 17.6. The van der Waals surface area contributed by atoms with Crippen LogP contribution in [-0.2, 0) is 46.7 Å². The third kappa shape index (κ3) is 6.58. The third-order valence-electron chi connectivity index (χ3n) is 5.63. The van der Waals surface area contributed by atoms with Crippen LogP contribution >= 0.6 is 0 Å². The minimum absolute atomic E-state index is 0.0998. The van der Waals surface area contributed by atoms with E-state index in [1.54, 1.807) is 60.7 Å². The second kappa shape index (κ2) is 11.2. The summed E-state index contributed by atoms with van der Waals surface area (Å²) in [6.07, 6.45) is -0.308. The van der Waals surface area contributed by atoms with Crippen molar-refractivity contribution in [1.29, 1.82) is 0 Å². The Morgan fingerprint density at radius 3 is 1.36 bits per heavy atom. The molecule has 0 radical (unpaired) electrons. The summed E-state index contributed by atoms with van der Waals surface area (Å²) >= 11 is 0. The number of aliphatic carboxylic acids is 1. The minimum Gasteiger partial charge on any atom is -0.481 e. The van der Waals surface area contributed by atoms with Gasteiger partial charge in [0.05, 0.1) is 5.92 Å². The lowest BCUT2D eigenvalue weighted by Gasteiger charge is -2.30. The molecule has 2 aromatic rings. The van der Waals surface area contributed by atoms with Crippen molar-refractivity contribution in [3.63, 3.8) is 0 Å². The summed E-state index contributed by atoms with van der Waals surface area (Å²) < 4.78 is 10.1. The van der Waals surface area contributed by atoms with E-state index < -0.39 is 47.2 Å². The van der Waals surface area contributed by atoms with Gasteiger partial charge in [-0.1, -0.05) is 60.7 Å². The fourth-order valence-electron chi connectivity index (χ4n) is 3.87. The standard InChI is InChI=1S/C25H24O8/c26-21(24(30)32-14-16-7-3-1-4-8-16)18-11-19(13-20(12-18)23(28)29)22(27)25(31)33-15-17-9-5-2-6-10-17/h1-10,18-20H,11-15H2,(H,28,29)/t18-,19+,20?. The normalized spacial score (nSPS) is 19.8. The molecule has 0 heterocycles. The van der Waals surface area contributed by atoms with E-state index in [-0.39, 0.29) is 32.5 Å². The second-order valence-electron chi connectivity index (χ2n) is 7.99. The van der Waals surface area contributed by atoms with Crippen LogP contribution in [0.1, 0.15) is 30.4 Å². The monoisotopic (exact) mass is 452 g/mol. The third-order valence-corrected chi connectivity index (χ3v) is 5.63. The summed E-state index contributed by atoms with van der Waals surface area (Å²) in [7, 11) is 0. The molecule has 0 aliphatic heterocycles. The summed E-state index contributed by atoms with van der Waals surface area (Å²) in [5.41, 5.74) is 1.39. The van der Waals surface area contributed by atoms with Gasteiger partial charge in [-0.25, -0.2) is 9.59 Å². The SMILES string of the molecule is O=C(OCc1ccccc1)C(=O)[C@@H]1CC(C(=O)O)C[C@H](C(=O)C(=O)OCc2ccccc2)C1. The Balaban J connectivity index is 1.62. The van der Waals surface area contributed by atoms with Crippen molar-refractivity contribution in [1.82, 2.24) is 0 Å². The lowest BCUT2D eigenvalue weighted by molar-refractivity contribution is -0.161. The summed E-state index contributed by atoms with van der Waals surface area (Å²) in [4.78, 5) is 61.4. The molecule has 8 heteroatoms. The van der Waals surface area contributed by atoms with Crippen LogP contribution in [0.15, 0.2) is 60.7 Å². The molecule has 1 unspecified atom stereocenters. The molecule has 0 spiro atoms. The molecule has 0 saturated heterocycles. The number of Topliss-reactive ketones (excluding diaryl/α,β-unsaturated/α-hetero) is 2. The van der Waals surface area contributed by atoms with Crippen LogP contribution in [0.2, 0.25) is 0 Å². The van der Waals surface area contributed by atoms with Crippen molar-refractivity contribution >= 4 is 29.5 Å². The van der Waals surface area contributed by atoms with Gasteiger partial charge >= 0.3 is 17.9 Å². The molecule has 33 heavy (non-hydrogen) atoms. The van der Waals surface area contributed by atoms with E-state index in [2.05, 4.69) is 0 Å². The van der Waals surface area contributed by atoms with E-state index in [1.165, 1.54) is 0 Å². The Morgan fingerprint density at radius 1 is 0.636 bits per heavy atom. The van der Waals surface area contributed by atoms with Gasteiger partial charge in [-0.3, -0.25) is 14.4 Å². The molecule has 1 fully saturated rings. The van der Waals surface area contributed by atoms with Crippen LogP contribution in [0.4, 0.5) is 0 Å². The van der Waals surface area contributed by atoms with Gasteiger partial charge in [0.25, 0.3) is 0 Å². The average molecular weight is 452 g/mol. The van der Waals surface area contributed by atoms with Gasteiger partial charge < -0.3 is 14.6 Å². The quantitative estimate of drug-likeness (QED) is 0.455. The van der Waals surface area contributed by atoms with Crippen molar-refractivity contribution in [3.8, 4) is 0 Å². The first-order valence-electron chi connectivity index (χ1n) is 10.6. The predicted molar refractivity (Wildman–Crippen MR) is 114 cm³/mol. The van der Waals surface area contributed by atoms with E-state index in [1.807, 2.05) is 0 Å². The fourth-order valence-corrected chi connectivity index (χ4v) is 3.87. The first-order valence-corrected chi connectivity index (χ1v) is 10.6. The highest BCUT2D eigenvalue weighted by Crippen LogP contribution is 2.35. The fraction of sp³-hybridized carbons (Fsp3) is 0.320. The number of ether oxygens (including phenoxy) is 2. The zero-order valence-corrected chi connectivity index (χ0v) is 17.8. The molecule has 1 N–H and O–H groups in total. The van der Waals surface area contributed by atoms with Crippen LogP contribution in [-0.4, -0.2) is 34.6 Å². The number of carbonyl (C=O) groups is 5. The number of rotatable bonds is 9. The Bertz CT molecular complexity index is 940. The second-order valence-corrected chi connectivity index (χ2v) is 7.99. The number of esters is 2. The number of carboxylic acid groups (broad SMARTS) is 1. The van der Waals surface area contributed by atoms with Gasteiger partial charge in [0, 0.05) is 11.8 Å². The first kappa shape index (κ1) is 23.8. The number of carbonyl (C=O) groups excluding carboxylic acids is 4. The summed E-state index contributed by atoms with van der Waals surface area (Å²) in [5, 5.41) is 9.46. The highest BCUT2D eigenvalue weighted by molar-refractivity contribution is 6.36. The van der Waals surface area contributed by atoms with Gasteiger partial charge in [-0.05, 0) is 30.4 Å². The minimum atomic E-state index is -1.19. The van der Waals surface area contributed by atoms with Gasteiger partial charge in [0.2, 0.25) is 11.6 Å². The maximum absolute atomic E-state index is 12.6. The number of ketones is 2. The van der Waals surface area contributed by atoms with E-state index in [0.717, 1.165) is 0 Å². The maximum atomic E-state index is 12.6. The Kier molecular flexibility index (Phi) is 8.07. The number of hydrogen-bond acceptors (Lipinski definition) is 7. The highest BCUT2D eigenvalue weighted by Gasteiger charge is 2.43. The molecular weight excluding hydrogens is 428 g/mol. The zero-order chi connectivity index (χ0) is 23.8. The molecule has 0 bridgehead atoms. The molecule has 3 atom stereocenters. The van der Waals surface area contributed by atoms with E-state index in [0.29, 0.717) is 11.1 Å². The largest absolute Gasteiger partial charge is 0.481 e. The highest BCUT2D eigenvalue weighted by atomic mass is 16.5. The number of benzene rings is 2. The topological polar surface area (TPSA) is 124 Å². The molecule has 0 amide bonds. The Hall–Kier alpha value is -3.81. The van der Waals surface area contributed by atoms with Crippen molar-refractivity contribution < 1.29 is 38.6 Å². The molecule has 2 aromatic carbocycles. The van der Waals surface area contributed by atoms with Gasteiger partial charge in [-0.15, -0.1) is 0 Å². The smallest absolute Gasteiger partial charge is 0.375 e. The Labute approximate surface area is 190 Å². The van der Waals surface area contributed by atoms with Gasteiger partial charge in [0.15, 0.2) is 0 Å². The number of hydrogen-bond donors (Lipinski definition) is 1. The van der Waals surface area contributed by atoms with E-state index >= 15 is 0 Å². The molecule has 1 aliphatic rings. The summed E-state index contributed by atoms with van der Waals surface area (Å²) in [6.45, 7) is -0.205. The molecule has 0 aromatic heterocycles. The van der Waals surface area contributed by atoms with Crippen molar-refractivity contribution in [2.75, 3.05) is 0 Å². The average Bonchev–Trinajstić information content (AvgIpc) is 2.85. The molecule has 8 nitrogen and oxygen atoms in total. The molecule has 1 saturated carbocycles. The van der Waals surface area contributed by atoms with Crippen LogP contribution in [0.3, 0.4) is 0 Å². The van der Waals surface area contributed by atoms with Crippen LogP contribution in [0, 0.1) is 17.8 Å². The molecule has 172 valence electrons. The lowest BCUT2D eigenvalue weighted by Crippen LogP contribution is -2.39.